The van der Waals surface area contributed by atoms with Gasteiger partial charge in [-0.2, -0.15) is 0 Å². The Bertz CT molecular complexity index is 551. The van der Waals surface area contributed by atoms with Crippen molar-refractivity contribution in [3.63, 3.8) is 0 Å². The van der Waals surface area contributed by atoms with Crippen LogP contribution in [-0.2, 0) is 14.4 Å². The van der Waals surface area contributed by atoms with Gasteiger partial charge in [0.1, 0.15) is 6.04 Å². The normalized spacial score (nSPS) is 23.4. The number of nitrogens with one attached hydrogen (secondary N) is 1. The topological polar surface area (TPSA) is 69.7 Å². The number of carbonyl (C=O) groups excluding carboxylic acids is 3. The van der Waals surface area contributed by atoms with E-state index < -0.39 is 11.5 Å². The zero-order valence-electron chi connectivity index (χ0n) is 17.2. The van der Waals surface area contributed by atoms with E-state index in [2.05, 4.69) is 5.32 Å². The molecule has 1 heterocycles. The van der Waals surface area contributed by atoms with E-state index in [4.69, 9.17) is 0 Å². The maximum atomic E-state index is 13.1. The van der Waals surface area contributed by atoms with E-state index in [0.717, 1.165) is 19.3 Å². The molecule has 2 aliphatic rings. The molecule has 1 aliphatic carbocycles. The van der Waals surface area contributed by atoms with Crippen LogP contribution in [0, 0.1) is 17.3 Å². The molecule has 0 bridgehead atoms. The molecule has 3 amide bonds. The minimum atomic E-state index is -0.533. The minimum absolute atomic E-state index is 0.0247. The van der Waals surface area contributed by atoms with Crippen molar-refractivity contribution in [2.24, 2.45) is 17.3 Å². The minimum Gasteiger partial charge on any atom is -0.344 e. The lowest BCUT2D eigenvalue weighted by molar-refractivity contribution is -0.146. The first-order chi connectivity index (χ1) is 12.1. The van der Waals surface area contributed by atoms with Crippen molar-refractivity contribution in [1.82, 2.24) is 15.1 Å². The Hall–Kier alpha value is -1.59. The number of carbonyl (C=O) groups is 3. The molecule has 2 rings (SSSR count). The van der Waals surface area contributed by atoms with E-state index in [-0.39, 0.29) is 35.6 Å². The number of nitrogens with zero attached hydrogens (tertiary/aromatic N) is 2. The third-order valence-corrected chi connectivity index (χ3v) is 5.60. The van der Waals surface area contributed by atoms with Crippen LogP contribution in [0.15, 0.2) is 0 Å². The predicted molar refractivity (Wildman–Crippen MR) is 101 cm³/mol. The quantitative estimate of drug-likeness (QED) is 0.810. The summed E-state index contributed by atoms with van der Waals surface area (Å²) in [5.74, 6) is 0.382. The van der Waals surface area contributed by atoms with Crippen LogP contribution in [-0.4, -0.2) is 59.2 Å². The lowest BCUT2D eigenvalue weighted by Crippen LogP contribution is -2.60. The van der Waals surface area contributed by atoms with E-state index in [1.54, 1.807) is 0 Å². The molecule has 1 N–H and O–H groups in total. The Morgan fingerprint density at radius 1 is 1.15 bits per heavy atom. The number of hydrogen-bond acceptors (Lipinski definition) is 3. The van der Waals surface area contributed by atoms with Crippen molar-refractivity contribution in [3.05, 3.63) is 0 Å². The second kappa shape index (κ2) is 7.97. The fourth-order valence-corrected chi connectivity index (χ4v) is 3.29. The third kappa shape index (κ3) is 4.77. The van der Waals surface area contributed by atoms with Crippen LogP contribution in [0.1, 0.15) is 60.8 Å². The van der Waals surface area contributed by atoms with Gasteiger partial charge in [-0.05, 0) is 25.7 Å². The molecule has 1 aliphatic heterocycles. The average Bonchev–Trinajstić information content (AvgIpc) is 3.41. The summed E-state index contributed by atoms with van der Waals surface area (Å²) in [4.78, 5) is 41.7. The highest BCUT2D eigenvalue weighted by atomic mass is 16.2. The summed E-state index contributed by atoms with van der Waals surface area (Å²) < 4.78 is 0. The van der Waals surface area contributed by atoms with E-state index >= 15 is 0 Å². The number of piperazine rings is 1. The lowest BCUT2D eigenvalue weighted by atomic mass is 9.92. The highest BCUT2D eigenvalue weighted by molar-refractivity contribution is 5.90. The fraction of sp³-hybridized carbons (Fsp3) is 0.850. The molecule has 148 valence electrons. The first-order valence-corrected chi connectivity index (χ1v) is 9.96. The van der Waals surface area contributed by atoms with Crippen molar-refractivity contribution in [3.8, 4) is 0 Å². The number of rotatable bonds is 5. The smallest absolute Gasteiger partial charge is 0.245 e. The summed E-state index contributed by atoms with van der Waals surface area (Å²) in [5.41, 5.74) is -0.533. The number of amides is 3. The van der Waals surface area contributed by atoms with Crippen LogP contribution < -0.4 is 5.32 Å². The highest BCUT2D eigenvalue weighted by Gasteiger charge is 2.40. The van der Waals surface area contributed by atoms with Crippen LogP contribution in [0.2, 0.25) is 0 Å². The van der Waals surface area contributed by atoms with Gasteiger partial charge in [0.15, 0.2) is 0 Å². The lowest BCUT2D eigenvalue weighted by Gasteiger charge is -2.42. The molecular formula is C20H35N3O3. The summed E-state index contributed by atoms with van der Waals surface area (Å²) in [7, 11) is 0. The first kappa shape index (κ1) is 20.7. The van der Waals surface area contributed by atoms with Crippen molar-refractivity contribution in [1.29, 1.82) is 0 Å². The van der Waals surface area contributed by atoms with Crippen molar-refractivity contribution in [2.45, 2.75) is 72.9 Å². The molecule has 6 nitrogen and oxygen atoms in total. The monoisotopic (exact) mass is 365 g/mol. The largest absolute Gasteiger partial charge is 0.344 e. The third-order valence-electron chi connectivity index (χ3n) is 5.60. The Morgan fingerprint density at radius 3 is 2.23 bits per heavy atom. The Labute approximate surface area is 157 Å². The molecule has 0 radical (unpaired) electrons. The molecule has 0 spiro atoms. The van der Waals surface area contributed by atoms with Gasteiger partial charge in [-0.15, -0.1) is 0 Å². The van der Waals surface area contributed by atoms with Crippen LogP contribution in [0.3, 0.4) is 0 Å². The van der Waals surface area contributed by atoms with Gasteiger partial charge in [0, 0.05) is 37.0 Å². The summed E-state index contributed by atoms with van der Waals surface area (Å²) in [6, 6.07) is -0.485. The van der Waals surface area contributed by atoms with Gasteiger partial charge >= 0.3 is 0 Å². The van der Waals surface area contributed by atoms with Crippen molar-refractivity contribution < 1.29 is 14.4 Å². The summed E-state index contributed by atoms with van der Waals surface area (Å²) in [6.07, 6.45) is 2.82. The van der Waals surface area contributed by atoms with Crippen LogP contribution >= 0.6 is 0 Å². The molecule has 0 aromatic rings. The summed E-state index contributed by atoms with van der Waals surface area (Å²) in [6.45, 7) is 13.3. The van der Waals surface area contributed by atoms with Gasteiger partial charge in [0.2, 0.25) is 17.7 Å². The summed E-state index contributed by atoms with van der Waals surface area (Å²) in [5, 5.41) is 2.97. The molecule has 3 atom stereocenters. The second-order valence-electron chi connectivity index (χ2n) is 9.03. The SMILES string of the molecule is CCC(C)C(NC(=O)C(C)(C)C)C(=O)N1CCN(C(=O)C2CC2)C(C)C1. The van der Waals surface area contributed by atoms with Gasteiger partial charge < -0.3 is 15.1 Å². The fourth-order valence-electron chi connectivity index (χ4n) is 3.29. The van der Waals surface area contributed by atoms with Crippen LogP contribution in [0.25, 0.3) is 0 Å². The van der Waals surface area contributed by atoms with E-state index in [9.17, 15) is 14.4 Å². The first-order valence-electron chi connectivity index (χ1n) is 9.96. The second-order valence-corrected chi connectivity index (χ2v) is 9.03. The Balaban J connectivity index is 2.03. The predicted octanol–water partition coefficient (Wildman–Crippen LogP) is 2.03. The van der Waals surface area contributed by atoms with Gasteiger partial charge in [0.25, 0.3) is 0 Å². The molecular weight excluding hydrogens is 330 g/mol. The molecule has 26 heavy (non-hydrogen) atoms. The van der Waals surface area contributed by atoms with E-state index in [1.165, 1.54) is 0 Å². The molecule has 0 aromatic carbocycles. The van der Waals surface area contributed by atoms with Crippen LogP contribution in [0.4, 0.5) is 0 Å². The van der Waals surface area contributed by atoms with E-state index in [0.29, 0.717) is 19.6 Å². The average molecular weight is 366 g/mol. The molecule has 1 saturated carbocycles. The molecule has 6 heteroatoms. The highest BCUT2D eigenvalue weighted by Crippen LogP contribution is 2.32. The van der Waals surface area contributed by atoms with Gasteiger partial charge in [-0.25, -0.2) is 0 Å². The van der Waals surface area contributed by atoms with Gasteiger partial charge in [-0.3, -0.25) is 14.4 Å². The van der Waals surface area contributed by atoms with Gasteiger partial charge in [-0.1, -0.05) is 41.0 Å². The standard InChI is InChI=1S/C20H35N3O3/c1-7-13(2)16(21-19(26)20(4,5)6)18(25)22-10-11-23(14(3)12-22)17(24)15-8-9-15/h13-16H,7-12H2,1-6H3,(H,21,26). The maximum absolute atomic E-state index is 13.1. The van der Waals surface area contributed by atoms with E-state index in [1.807, 2.05) is 51.3 Å². The molecule has 0 aromatic heterocycles. The maximum Gasteiger partial charge on any atom is 0.245 e. The van der Waals surface area contributed by atoms with Crippen molar-refractivity contribution in [2.75, 3.05) is 19.6 Å². The van der Waals surface area contributed by atoms with Crippen molar-refractivity contribution >= 4 is 17.7 Å². The van der Waals surface area contributed by atoms with Crippen LogP contribution in [0.5, 0.6) is 0 Å². The molecule has 1 saturated heterocycles. The zero-order valence-corrected chi connectivity index (χ0v) is 17.2. The molecule has 3 unspecified atom stereocenters. The Kier molecular flexibility index (Phi) is 6.35. The molecule has 2 fully saturated rings. The Morgan fingerprint density at radius 2 is 1.77 bits per heavy atom. The van der Waals surface area contributed by atoms with Gasteiger partial charge in [0.05, 0.1) is 0 Å². The summed E-state index contributed by atoms with van der Waals surface area (Å²) >= 11 is 0. The number of hydrogen-bond donors (Lipinski definition) is 1. The zero-order chi connectivity index (χ0) is 19.6.